The number of ether oxygens (including phenoxy) is 1. The molecule has 0 radical (unpaired) electrons. The molecule has 1 heterocycles. The van der Waals surface area contributed by atoms with E-state index < -0.39 is 0 Å². The number of nitrogens with two attached hydrogens (primary N) is 1. The van der Waals surface area contributed by atoms with E-state index in [9.17, 15) is 0 Å². The van der Waals surface area contributed by atoms with Crippen molar-refractivity contribution in [2.24, 2.45) is 11.7 Å². The van der Waals surface area contributed by atoms with Crippen LogP contribution in [0.4, 0.5) is 0 Å². The lowest BCUT2D eigenvalue weighted by Gasteiger charge is -2.30. The Morgan fingerprint density at radius 1 is 1.39 bits per heavy atom. The number of furan rings is 1. The second-order valence-corrected chi connectivity index (χ2v) is 5.30. The fraction of sp³-hybridized carbons (Fsp3) is 0.733. The van der Waals surface area contributed by atoms with Crippen molar-refractivity contribution in [3.8, 4) is 0 Å². The van der Waals surface area contributed by atoms with Gasteiger partial charge in [-0.25, -0.2) is 0 Å². The maximum absolute atomic E-state index is 6.11. The first-order chi connectivity index (χ1) is 8.74. The second kappa shape index (κ2) is 6.39. The summed E-state index contributed by atoms with van der Waals surface area (Å²) in [7, 11) is 0. The molecule has 1 aliphatic rings. The molecule has 1 saturated carbocycles. The van der Waals surface area contributed by atoms with E-state index in [1.165, 1.54) is 32.1 Å². The van der Waals surface area contributed by atoms with Gasteiger partial charge in [0, 0.05) is 5.56 Å². The van der Waals surface area contributed by atoms with Crippen molar-refractivity contribution in [1.29, 1.82) is 0 Å². The molecule has 2 N–H and O–H groups in total. The predicted molar refractivity (Wildman–Crippen MR) is 72.2 cm³/mol. The molecule has 0 amide bonds. The molecule has 0 bridgehead atoms. The van der Waals surface area contributed by atoms with Crippen LogP contribution in [-0.2, 0) is 17.9 Å². The molecule has 1 aromatic rings. The second-order valence-electron chi connectivity index (χ2n) is 5.30. The van der Waals surface area contributed by atoms with Gasteiger partial charge in [-0.1, -0.05) is 26.2 Å². The van der Waals surface area contributed by atoms with E-state index in [4.69, 9.17) is 14.9 Å². The van der Waals surface area contributed by atoms with Crippen LogP contribution in [0.2, 0.25) is 0 Å². The molecule has 2 unspecified atom stereocenters. The first-order valence-electron chi connectivity index (χ1n) is 7.14. The normalized spacial score (nSPS) is 24.4. The smallest absolute Gasteiger partial charge is 0.118 e. The van der Waals surface area contributed by atoms with Crippen LogP contribution >= 0.6 is 0 Å². The molecule has 1 fully saturated rings. The topological polar surface area (TPSA) is 48.4 Å². The van der Waals surface area contributed by atoms with Crippen molar-refractivity contribution in [3.05, 3.63) is 23.2 Å². The van der Waals surface area contributed by atoms with E-state index in [0.717, 1.165) is 23.0 Å². The molecule has 0 aliphatic heterocycles. The highest BCUT2D eigenvalue weighted by atomic mass is 16.5. The highest BCUT2D eigenvalue weighted by molar-refractivity contribution is 5.19. The van der Waals surface area contributed by atoms with Gasteiger partial charge in [-0.2, -0.15) is 0 Å². The zero-order chi connectivity index (χ0) is 13.0. The minimum atomic E-state index is 0.430. The third-order valence-corrected chi connectivity index (χ3v) is 4.09. The Balaban J connectivity index is 1.91. The molecule has 0 spiro atoms. The lowest BCUT2D eigenvalue weighted by molar-refractivity contribution is -0.0225. The lowest BCUT2D eigenvalue weighted by atomic mass is 9.85. The zero-order valence-electron chi connectivity index (χ0n) is 11.6. The first kappa shape index (κ1) is 13.6. The summed E-state index contributed by atoms with van der Waals surface area (Å²) in [4.78, 5) is 0. The van der Waals surface area contributed by atoms with Crippen LogP contribution in [0.5, 0.6) is 0 Å². The molecular formula is C15H25NO2. The van der Waals surface area contributed by atoms with Gasteiger partial charge in [0.15, 0.2) is 0 Å². The van der Waals surface area contributed by atoms with Gasteiger partial charge in [-0.05, 0) is 31.7 Å². The van der Waals surface area contributed by atoms with Gasteiger partial charge in [-0.3, -0.25) is 0 Å². The Morgan fingerprint density at radius 2 is 2.17 bits per heavy atom. The summed E-state index contributed by atoms with van der Waals surface area (Å²) in [6, 6.07) is 2.03. The fourth-order valence-corrected chi connectivity index (χ4v) is 2.89. The van der Waals surface area contributed by atoms with Gasteiger partial charge >= 0.3 is 0 Å². The number of aryl methyl sites for hydroxylation is 1. The lowest BCUT2D eigenvalue weighted by Crippen LogP contribution is -2.27. The average molecular weight is 251 g/mol. The largest absolute Gasteiger partial charge is 0.465 e. The van der Waals surface area contributed by atoms with Gasteiger partial charge in [0.05, 0.1) is 19.3 Å². The molecular weight excluding hydrogens is 226 g/mol. The van der Waals surface area contributed by atoms with Crippen molar-refractivity contribution < 1.29 is 9.15 Å². The van der Waals surface area contributed by atoms with Crippen LogP contribution in [0.25, 0.3) is 0 Å². The number of hydrogen-bond acceptors (Lipinski definition) is 3. The molecule has 18 heavy (non-hydrogen) atoms. The van der Waals surface area contributed by atoms with Crippen LogP contribution in [0.15, 0.2) is 10.5 Å². The van der Waals surface area contributed by atoms with E-state index in [1.807, 2.05) is 13.0 Å². The summed E-state index contributed by atoms with van der Waals surface area (Å²) in [5.41, 5.74) is 6.73. The van der Waals surface area contributed by atoms with Crippen molar-refractivity contribution in [3.63, 3.8) is 0 Å². The first-order valence-corrected chi connectivity index (χ1v) is 7.14. The monoisotopic (exact) mass is 251 g/mol. The molecule has 3 nitrogen and oxygen atoms in total. The summed E-state index contributed by atoms with van der Waals surface area (Å²) >= 11 is 0. The van der Waals surface area contributed by atoms with Crippen LogP contribution < -0.4 is 5.73 Å². The summed E-state index contributed by atoms with van der Waals surface area (Å²) in [6.45, 7) is 5.37. The van der Waals surface area contributed by atoms with E-state index >= 15 is 0 Å². The summed E-state index contributed by atoms with van der Waals surface area (Å²) in [5.74, 6) is 2.53. The SMILES string of the molecule is CCC1CCCCC1OCc1cc(CN)oc1C. The van der Waals surface area contributed by atoms with Crippen LogP contribution in [-0.4, -0.2) is 6.10 Å². The zero-order valence-corrected chi connectivity index (χ0v) is 11.6. The third kappa shape index (κ3) is 3.15. The van der Waals surface area contributed by atoms with Gasteiger partial charge < -0.3 is 14.9 Å². The molecule has 2 atom stereocenters. The van der Waals surface area contributed by atoms with Crippen LogP contribution in [0.3, 0.4) is 0 Å². The Hall–Kier alpha value is -0.800. The highest BCUT2D eigenvalue weighted by Gasteiger charge is 2.24. The molecule has 2 rings (SSSR count). The summed E-state index contributed by atoms with van der Waals surface area (Å²) < 4.78 is 11.7. The van der Waals surface area contributed by atoms with Crippen molar-refractivity contribution >= 4 is 0 Å². The quantitative estimate of drug-likeness (QED) is 0.870. The van der Waals surface area contributed by atoms with E-state index in [0.29, 0.717) is 19.3 Å². The maximum atomic E-state index is 6.11. The van der Waals surface area contributed by atoms with Gasteiger partial charge in [0.25, 0.3) is 0 Å². The molecule has 3 heteroatoms. The number of hydrogen-bond donors (Lipinski definition) is 1. The molecule has 1 aromatic heterocycles. The Kier molecular flexibility index (Phi) is 4.84. The average Bonchev–Trinajstić information content (AvgIpc) is 2.77. The summed E-state index contributed by atoms with van der Waals surface area (Å²) in [6.07, 6.45) is 6.85. The van der Waals surface area contributed by atoms with Crippen LogP contribution in [0.1, 0.15) is 56.1 Å². The molecule has 1 aliphatic carbocycles. The van der Waals surface area contributed by atoms with E-state index in [1.54, 1.807) is 0 Å². The Bertz CT molecular complexity index is 373. The van der Waals surface area contributed by atoms with Crippen molar-refractivity contribution in [2.75, 3.05) is 0 Å². The van der Waals surface area contributed by atoms with Gasteiger partial charge in [-0.15, -0.1) is 0 Å². The molecule has 0 aromatic carbocycles. The fourth-order valence-electron chi connectivity index (χ4n) is 2.89. The van der Waals surface area contributed by atoms with E-state index in [2.05, 4.69) is 6.92 Å². The summed E-state index contributed by atoms with van der Waals surface area (Å²) in [5, 5.41) is 0. The van der Waals surface area contributed by atoms with Crippen LogP contribution in [0, 0.1) is 12.8 Å². The highest BCUT2D eigenvalue weighted by Crippen LogP contribution is 2.30. The minimum Gasteiger partial charge on any atom is -0.465 e. The molecule has 102 valence electrons. The maximum Gasteiger partial charge on any atom is 0.118 e. The van der Waals surface area contributed by atoms with E-state index in [-0.39, 0.29) is 0 Å². The van der Waals surface area contributed by atoms with Crippen molar-refractivity contribution in [2.45, 2.75) is 65.2 Å². The minimum absolute atomic E-state index is 0.430. The Labute approximate surface area is 110 Å². The standard InChI is InChI=1S/C15H25NO2/c1-3-12-6-4-5-7-15(12)17-10-13-8-14(9-16)18-11(13)2/h8,12,15H,3-7,9-10,16H2,1-2H3. The predicted octanol–water partition coefficient (Wildman–Crippen LogP) is 3.53. The number of rotatable bonds is 5. The Morgan fingerprint density at radius 3 is 2.83 bits per heavy atom. The van der Waals surface area contributed by atoms with Crippen molar-refractivity contribution in [1.82, 2.24) is 0 Å². The molecule has 0 saturated heterocycles. The third-order valence-electron chi connectivity index (χ3n) is 4.09. The van der Waals surface area contributed by atoms with Gasteiger partial charge in [0.2, 0.25) is 0 Å². The van der Waals surface area contributed by atoms with Gasteiger partial charge in [0.1, 0.15) is 11.5 Å².